The van der Waals surface area contributed by atoms with E-state index in [1.54, 1.807) is 6.20 Å². The van der Waals surface area contributed by atoms with Crippen molar-refractivity contribution >= 4 is 0 Å². The van der Waals surface area contributed by atoms with E-state index in [2.05, 4.69) is 24.0 Å². The van der Waals surface area contributed by atoms with Crippen LogP contribution in [0.5, 0.6) is 5.75 Å². The summed E-state index contributed by atoms with van der Waals surface area (Å²) >= 11 is 0. The predicted molar refractivity (Wildman–Crippen MR) is 76.1 cm³/mol. The lowest BCUT2D eigenvalue weighted by molar-refractivity contribution is 0.297. The van der Waals surface area contributed by atoms with Gasteiger partial charge in [-0.3, -0.25) is 0 Å². The van der Waals surface area contributed by atoms with Crippen LogP contribution < -0.4 is 10.5 Å². The van der Waals surface area contributed by atoms with Gasteiger partial charge in [-0.2, -0.15) is 0 Å². The SMILES string of the molecule is Cc1ccc([C@H](C)N)c(OCCCn2ccnc2)c1. The van der Waals surface area contributed by atoms with E-state index in [0.29, 0.717) is 6.61 Å². The van der Waals surface area contributed by atoms with Gasteiger partial charge in [0.2, 0.25) is 0 Å². The molecule has 0 unspecified atom stereocenters. The third kappa shape index (κ3) is 3.83. The number of hydrogen-bond donors (Lipinski definition) is 1. The largest absolute Gasteiger partial charge is 0.493 e. The van der Waals surface area contributed by atoms with Crippen LogP contribution in [0.4, 0.5) is 0 Å². The molecule has 2 N–H and O–H groups in total. The number of nitrogens with two attached hydrogens (primary N) is 1. The highest BCUT2D eigenvalue weighted by atomic mass is 16.5. The van der Waals surface area contributed by atoms with Crippen molar-refractivity contribution in [3.8, 4) is 5.75 Å². The molecular weight excluding hydrogens is 238 g/mol. The Balaban J connectivity index is 1.89. The minimum Gasteiger partial charge on any atom is -0.493 e. The van der Waals surface area contributed by atoms with Crippen LogP contribution in [-0.4, -0.2) is 16.2 Å². The van der Waals surface area contributed by atoms with Crippen LogP contribution in [0.3, 0.4) is 0 Å². The molecule has 2 aromatic rings. The molecule has 4 nitrogen and oxygen atoms in total. The number of imidazole rings is 1. The van der Waals surface area contributed by atoms with E-state index < -0.39 is 0 Å². The fourth-order valence-electron chi connectivity index (χ4n) is 1.99. The van der Waals surface area contributed by atoms with Crippen molar-refractivity contribution < 1.29 is 4.74 Å². The summed E-state index contributed by atoms with van der Waals surface area (Å²) in [6, 6.07) is 6.15. The molecule has 1 aromatic carbocycles. The van der Waals surface area contributed by atoms with Crippen LogP contribution >= 0.6 is 0 Å². The fraction of sp³-hybridized carbons (Fsp3) is 0.400. The summed E-state index contributed by atoms with van der Waals surface area (Å²) in [6.07, 6.45) is 6.51. The third-order valence-corrected chi connectivity index (χ3v) is 3.04. The number of ether oxygens (including phenoxy) is 1. The second-order valence-corrected chi connectivity index (χ2v) is 4.83. The quantitative estimate of drug-likeness (QED) is 0.811. The van der Waals surface area contributed by atoms with Crippen LogP contribution in [0.1, 0.15) is 30.5 Å². The first-order chi connectivity index (χ1) is 9.16. The highest BCUT2D eigenvalue weighted by Crippen LogP contribution is 2.25. The predicted octanol–water partition coefficient (Wildman–Crippen LogP) is 2.68. The molecule has 0 saturated carbocycles. The summed E-state index contributed by atoms with van der Waals surface area (Å²) in [7, 11) is 0. The van der Waals surface area contributed by atoms with Gasteiger partial charge >= 0.3 is 0 Å². The molecule has 4 heteroatoms. The molecule has 0 aliphatic rings. The number of hydrogen-bond acceptors (Lipinski definition) is 3. The molecule has 0 radical (unpaired) electrons. The molecule has 1 heterocycles. The van der Waals surface area contributed by atoms with E-state index in [9.17, 15) is 0 Å². The third-order valence-electron chi connectivity index (χ3n) is 3.04. The number of benzene rings is 1. The molecule has 0 spiro atoms. The number of aryl methyl sites for hydroxylation is 2. The van der Waals surface area contributed by atoms with Gasteiger partial charge in [-0.1, -0.05) is 12.1 Å². The maximum absolute atomic E-state index is 5.95. The topological polar surface area (TPSA) is 53.1 Å². The van der Waals surface area contributed by atoms with E-state index in [4.69, 9.17) is 10.5 Å². The first-order valence-electron chi connectivity index (χ1n) is 6.61. The standard InChI is InChI=1S/C15H21N3O/c1-12-4-5-14(13(2)16)15(10-12)19-9-3-7-18-8-6-17-11-18/h4-6,8,10-11,13H,3,7,9,16H2,1-2H3/t13-/m0/s1. The first kappa shape index (κ1) is 13.6. The van der Waals surface area contributed by atoms with Crippen LogP contribution in [0.25, 0.3) is 0 Å². The Hall–Kier alpha value is -1.81. The molecule has 102 valence electrons. The summed E-state index contributed by atoms with van der Waals surface area (Å²) in [5.74, 6) is 0.903. The lowest BCUT2D eigenvalue weighted by Crippen LogP contribution is -2.10. The van der Waals surface area contributed by atoms with E-state index >= 15 is 0 Å². The normalized spacial score (nSPS) is 12.4. The van der Waals surface area contributed by atoms with Gasteiger partial charge in [-0.25, -0.2) is 4.98 Å². The Labute approximate surface area is 114 Å². The van der Waals surface area contributed by atoms with Crippen LogP contribution in [0.2, 0.25) is 0 Å². The first-order valence-corrected chi connectivity index (χ1v) is 6.61. The van der Waals surface area contributed by atoms with Crippen molar-refractivity contribution in [1.29, 1.82) is 0 Å². The Bertz CT molecular complexity index is 506. The molecule has 0 fully saturated rings. The van der Waals surface area contributed by atoms with Crippen molar-refractivity contribution in [1.82, 2.24) is 9.55 Å². The summed E-state index contributed by atoms with van der Waals surface area (Å²) in [4.78, 5) is 4.01. The molecule has 2 rings (SSSR count). The summed E-state index contributed by atoms with van der Waals surface area (Å²) in [5, 5.41) is 0. The van der Waals surface area contributed by atoms with Gasteiger partial charge in [0.25, 0.3) is 0 Å². The number of aromatic nitrogens is 2. The minimum atomic E-state index is -0.00995. The highest BCUT2D eigenvalue weighted by molar-refractivity contribution is 5.38. The fourth-order valence-corrected chi connectivity index (χ4v) is 1.99. The van der Waals surface area contributed by atoms with E-state index in [0.717, 1.165) is 24.3 Å². The van der Waals surface area contributed by atoms with Gasteiger partial charge in [-0.05, 0) is 31.9 Å². The van der Waals surface area contributed by atoms with Gasteiger partial charge in [0.05, 0.1) is 12.9 Å². The molecule has 1 atom stereocenters. The molecule has 0 bridgehead atoms. The number of nitrogens with zero attached hydrogens (tertiary/aromatic N) is 2. The highest BCUT2D eigenvalue weighted by Gasteiger charge is 2.08. The maximum atomic E-state index is 5.95. The lowest BCUT2D eigenvalue weighted by atomic mass is 10.1. The Morgan fingerprint density at radius 2 is 2.26 bits per heavy atom. The van der Waals surface area contributed by atoms with Crippen LogP contribution in [-0.2, 0) is 6.54 Å². The second-order valence-electron chi connectivity index (χ2n) is 4.83. The van der Waals surface area contributed by atoms with Gasteiger partial charge in [0.1, 0.15) is 5.75 Å². The second kappa shape index (κ2) is 6.38. The zero-order valence-electron chi connectivity index (χ0n) is 11.5. The average Bonchev–Trinajstić information content (AvgIpc) is 2.87. The zero-order valence-corrected chi connectivity index (χ0v) is 11.5. The Kier molecular flexibility index (Phi) is 4.58. The molecule has 0 saturated heterocycles. The van der Waals surface area contributed by atoms with Crippen LogP contribution in [0, 0.1) is 6.92 Å². The van der Waals surface area contributed by atoms with E-state index in [1.165, 1.54) is 5.56 Å². The summed E-state index contributed by atoms with van der Waals surface area (Å²) in [5.41, 5.74) is 8.21. The molecule has 0 aliphatic heterocycles. The Morgan fingerprint density at radius 3 is 2.95 bits per heavy atom. The Morgan fingerprint density at radius 1 is 1.42 bits per heavy atom. The summed E-state index contributed by atoms with van der Waals surface area (Å²) in [6.45, 7) is 5.63. The molecule has 0 amide bonds. The van der Waals surface area contributed by atoms with E-state index in [1.807, 2.05) is 30.1 Å². The smallest absolute Gasteiger partial charge is 0.124 e. The summed E-state index contributed by atoms with van der Waals surface area (Å²) < 4.78 is 7.91. The van der Waals surface area contributed by atoms with Crippen molar-refractivity contribution in [2.24, 2.45) is 5.73 Å². The van der Waals surface area contributed by atoms with Crippen molar-refractivity contribution in [2.45, 2.75) is 32.9 Å². The van der Waals surface area contributed by atoms with Gasteiger partial charge in [-0.15, -0.1) is 0 Å². The van der Waals surface area contributed by atoms with Crippen molar-refractivity contribution in [3.05, 3.63) is 48.0 Å². The van der Waals surface area contributed by atoms with Gasteiger partial charge < -0.3 is 15.0 Å². The van der Waals surface area contributed by atoms with Gasteiger partial charge in [0, 0.05) is 30.5 Å². The molecular formula is C15H21N3O. The van der Waals surface area contributed by atoms with Crippen molar-refractivity contribution in [3.63, 3.8) is 0 Å². The molecule has 0 aliphatic carbocycles. The van der Waals surface area contributed by atoms with Gasteiger partial charge in [0.15, 0.2) is 0 Å². The van der Waals surface area contributed by atoms with E-state index in [-0.39, 0.29) is 6.04 Å². The molecule has 1 aromatic heterocycles. The minimum absolute atomic E-state index is 0.00995. The monoisotopic (exact) mass is 259 g/mol. The zero-order chi connectivity index (χ0) is 13.7. The lowest BCUT2D eigenvalue weighted by Gasteiger charge is -2.15. The maximum Gasteiger partial charge on any atom is 0.124 e. The average molecular weight is 259 g/mol. The molecule has 19 heavy (non-hydrogen) atoms. The van der Waals surface area contributed by atoms with Crippen LogP contribution in [0.15, 0.2) is 36.9 Å². The number of rotatable bonds is 6. The van der Waals surface area contributed by atoms with Crippen molar-refractivity contribution in [2.75, 3.05) is 6.61 Å².